The van der Waals surface area contributed by atoms with Gasteiger partial charge >= 0.3 is 0 Å². The molecule has 0 spiro atoms. The van der Waals surface area contributed by atoms with Gasteiger partial charge in [-0.1, -0.05) is 19.6 Å². The zero-order chi connectivity index (χ0) is 21.9. The van der Waals surface area contributed by atoms with E-state index in [2.05, 4.69) is 19.6 Å². The fourth-order valence-electron chi connectivity index (χ4n) is 3.17. The van der Waals surface area contributed by atoms with Crippen molar-refractivity contribution in [3.05, 3.63) is 0 Å². The van der Waals surface area contributed by atoms with Crippen molar-refractivity contribution >= 4 is 8.07 Å². The van der Waals surface area contributed by atoms with Gasteiger partial charge in [0.2, 0.25) is 0 Å². The Morgan fingerprint density at radius 1 is 0.724 bits per heavy atom. The molecule has 29 heavy (non-hydrogen) atoms. The van der Waals surface area contributed by atoms with Crippen LogP contribution < -0.4 is 0 Å². The maximum atomic E-state index is 10.5. The van der Waals surface area contributed by atoms with Crippen LogP contribution in [-0.2, 0) is 18.9 Å². The largest absolute Gasteiger partial charge is 0.394 e. The molecule has 172 valence electrons. The van der Waals surface area contributed by atoms with Gasteiger partial charge < -0.3 is 54.7 Å². The van der Waals surface area contributed by atoms with Gasteiger partial charge in [-0.15, -0.1) is 0 Å². The van der Waals surface area contributed by atoms with Gasteiger partial charge in [0.15, 0.2) is 12.6 Å². The number of aliphatic hydroxyl groups is 7. The van der Waals surface area contributed by atoms with Crippen molar-refractivity contribution in [3.8, 4) is 0 Å². The van der Waals surface area contributed by atoms with E-state index in [-0.39, 0.29) is 0 Å². The van der Waals surface area contributed by atoms with Gasteiger partial charge in [0.25, 0.3) is 0 Å². The van der Waals surface area contributed by atoms with Crippen molar-refractivity contribution < 1.29 is 54.7 Å². The normalized spacial score (nSPS) is 44.1. The van der Waals surface area contributed by atoms with E-state index in [0.717, 1.165) is 6.04 Å². The minimum atomic E-state index is -1.69. The molecule has 0 saturated carbocycles. The second kappa shape index (κ2) is 10.4. The van der Waals surface area contributed by atoms with Gasteiger partial charge in [-0.2, -0.15) is 0 Å². The molecule has 11 nitrogen and oxygen atoms in total. The molecule has 2 saturated heterocycles. The summed E-state index contributed by atoms with van der Waals surface area (Å²) in [5.74, 6) is 0. The van der Waals surface area contributed by atoms with Gasteiger partial charge in [-0.3, -0.25) is 0 Å². The summed E-state index contributed by atoms with van der Waals surface area (Å²) in [6, 6.07) is 0.810. The molecular formula is C17H34O11Si. The SMILES string of the molecule is C[Si](C)(C)CCOC1OC(CO)C(OC2OC(CO)C(O)C(O)C2O)C(O)C1O. The fraction of sp³-hybridized carbons (Fsp3) is 1.00. The summed E-state index contributed by atoms with van der Waals surface area (Å²) in [7, 11) is -1.39. The molecule has 2 heterocycles. The summed E-state index contributed by atoms with van der Waals surface area (Å²) in [5, 5.41) is 69.5. The van der Waals surface area contributed by atoms with Crippen LogP contribution in [0.25, 0.3) is 0 Å². The Hall–Kier alpha value is -0.223. The predicted octanol–water partition coefficient (Wildman–Crippen LogP) is -3.03. The van der Waals surface area contributed by atoms with Gasteiger partial charge in [0.05, 0.1) is 13.2 Å². The van der Waals surface area contributed by atoms with Gasteiger partial charge in [0, 0.05) is 14.7 Å². The van der Waals surface area contributed by atoms with Gasteiger partial charge in [-0.25, -0.2) is 0 Å². The zero-order valence-electron chi connectivity index (χ0n) is 16.9. The minimum absolute atomic E-state index is 0.320. The summed E-state index contributed by atoms with van der Waals surface area (Å²) in [4.78, 5) is 0. The first kappa shape index (κ1) is 25.0. The monoisotopic (exact) mass is 442 g/mol. The molecule has 7 N–H and O–H groups in total. The number of aliphatic hydroxyl groups excluding tert-OH is 7. The molecule has 0 aromatic heterocycles. The molecule has 10 unspecified atom stereocenters. The van der Waals surface area contributed by atoms with E-state index in [1.807, 2.05) is 0 Å². The lowest BCUT2D eigenvalue weighted by atomic mass is 9.97. The average Bonchev–Trinajstić information content (AvgIpc) is 2.66. The Kier molecular flexibility index (Phi) is 8.97. The summed E-state index contributed by atoms with van der Waals surface area (Å²) in [6.45, 7) is 5.56. The van der Waals surface area contributed by atoms with Crippen molar-refractivity contribution in [1.82, 2.24) is 0 Å². The van der Waals surface area contributed by atoms with E-state index in [1.54, 1.807) is 0 Å². The van der Waals surface area contributed by atoms with Crippen LogP contribution in [0.4, 0.5) is 0 Å². The van der Waals surface area contributed by atoms with Crippen LogP contribution in [0.15, 0.2) is 0 Å². The highest BCUT2D eigenvalue weighted by molar-refractivity contribution is 6.76. The summed E-state index contributed by atoms with van der Waals surface area (Å²) in [5.41, 5.74) is 0. The molecule has 2 aliphatic rings. The molecule has 2 aliphatic heterocycles. The molecule has 0 amide bonds. The Labute approximate surface area is 170 Å². The van der Waals surface area contributed by atoms with E-state index >= 15 is 0 Å². The Bertz CT molecular complexity index is 500. The predicted molar refractivity (Wildman–Crippen MR) is 101 cm³/mol. The number of ether oxygens (including phenoxy) is 4. The van der Waals surface area contributed by atoms with Gasteiger partial charge in [-0.05, 0) is 6.04 Å². The highest BCUT2D eigenvalue weighted by atomic mass is 28.3. The standard InChI is InChI=1S/C17H34O11Si/c1-29(2,3)5-4-25-16-14(24)12(22)15(9(7-19)27-16)28-17-13(23)11(21)10(20)8(6-18)26-17/h8-24H,4-7H2,1-3H3. The van der Waals surface area contributed by atoms with Crippen LogP contribution in [0.1, 0.15) is 0 Å². The van der Waals surface area contributed by atoms with Crippen LogP contribution in [-0.4, -0.2) is 125 Å². The van der Waals surface area contributed by atoms with Crippen LogP contribution in [0.3, 0.4) is 0 Å². The topological polar surface area (TPSA) is 179 Å². The van der Waals surface area contributed by atoms with Crippen LogP contribution in [0.5, 0.6) is 0 Å². The van der Waals surface area contributed by atoms with Crippen LogP contribution in [0, 0.1) is 0 Å². The highest BCUT2D eigenvalue weighted by Gasteiger charge is 2.50. The molecule has 0 aliphatic carbocycles. The molecule has 2 fully saturated rings. The average molecular weight is 443 g/mol. The van der Waals surface area contributed by atoms with Crippen molar-refractivity contribution in [2.45, 2.75) is 87.1 Å². The lowest BCUT2D eigenvalue weighted by Crippen LogP contribution is -2.64. The van der Waals surface area contributed by atoms with Crippen LogP contribution >= 0.6 is 0 Å². The fourth-order valence-corrected chi connectivity index (χ4v) is 3.90. The molecule has 10 atom stereocenters. The third-order valence-electron chi connectivity index (χ3n) is 5.09. The summed E-state index contributed by atoms with van der Waals surface area (Å²) < 4.78 is 21.8. The maximum absolute atomic E-state index is 10.5. The number of hydrogen-bond acceptors (Lipinski definition) is 11. The molecule has 12 heteroatoms. The minimum Gasteiger partial charge on any atom is -0.394 e. The molecule has 0 aromatic rings. The smallest absolute Gasteiger partial charge is 0.187 e. The second-order valence-electron chi connectivity index (χ2n) is 8.69. The highest BCUT2D eigenvalue weighted by Crippen LogP contribution is 2.29. The van der Waals surface area contributed by atoms with Crippen molar-refractivity contribution in [2.24, 2.45) is 0 Å². The Morgan fingerprint density at radius 3 is 1.83 bits per heavy atom. The molecule has 0 radical (unpaired) electrons. The van der Waals surface area contributed by atoms with Crippen molar-refractivity contribution in [3.63, 3.8) is 0 Å². The quantitative estimate of drug-likeness (QED) is 0.190. The number of rotatable bonds is 8. The number of hydrogen-bond donors (Lipinski definition) is 7. The molecule has 2 rings (SSSR count). The lowest BCUT2D eigenvalue weighted by Gasteiger charge is -2.46. The van der Waals surface area contributed by atoms with E-state index in [1.165, 1.54) is 0 Å². The summed E-state index contributed by atoms with van der Waals surface area (Å²) in [6.07, 6.45) is -14.3. The molecule has 0 aromatic carbocycles. The van der Waals surface area contributed by atoms with Crippen LogP contribution in [0.2, 0.25) is 25.7 Å². The van der Waals surface area contributed by atoms with Crippen molar-refractivity contribution in [2.75, 3.05) is 19.8 Å². The van der Waals surface area contributed by atoms with E-state index in [4.69, 9.17) is 18.9 Å². The molecule has 0 bridgehead atoms. The zero-order valence-corrected chi connectivity index (χ0v) is 17.9. The first-order valence-corrected chi connectivity index (χ1v) is 13.4. The first-order valence-electron chi connectivity index (χ1n) is 9.70. The molecular weight excluding hydrogens is 408 g/mol. The van der Waals surface area contributed by atoms with Gasteiger partial charge in [0.1, 0.15) is 48.8 Å². The van der Waals surface area contributed by atoms with E-state index < -0.39 is 82.7 Å². The first-order chi connectivity index (χ1) is 13.5. The Balaban J connectivity index is 2.03. The van der Waals surface area contributed by atoms with Crippen molar-refractivity contribution in [1.29, 1.82) is 0 Å². The van der Waals surface area contributed by atoms with E-state index in [9.17, 15) is 35.7 Å². The lowest BCUT2D eigenvalue weighted by molar-refractivity contribution is -0.359. The second-order valence-corrected chi connectivity index (χ2v) is 14.3. The third-order valence-corrected chi connectivity index (χ3v) is 6.80. The van der Waals surface area contributed by atoms with E-state index in [0.29, 0.717) is 6.61 Å². The third kappa shape index (κ3) is 6.15. The Morgan fingerprint density at radius 2 is 1.28 bits per heavy atom. The maximum Gasteiger partial charge on any atom is 0.187 e. The summed E-state index contributed by atoms with van der Waals surface area (Å²) >= 11 is 0.